The van der Waals surface area contributed by atoms with Crippen LogP contribution in [0.25, 0.3) is 0 Å². The second kappa shape index (κ2) is 7.28. The molecule has 0 aliphatic carbocycles. The van der Waals surface area contributed by atoms with Gasteiger partial charge in [0.25, 0.3) is 0 Å². The minimum Gasteiger partial charge on any atom is -0.442 e. The van der Waals surface area contributed by atoms with Crippen molar-refractivity contribution in [2.24, 2.45) is 0 Å². The van der Waals surface area contributed by atoms with Crippen molar-refractivity contribution in [2.45, 2.75) is 26.2 Å². The van der Waals surface area contributed by atoms with Crippen LogP contribution in [0.1, 0.15) is 26.2 Å². The van der Waals surface area contributed by atoms with E-state index in [4.69, 9.17) is 4.52 Å². The molecule has 0 atom stereocenters. The standard InChI is InChI=1S/C18H21O2P/c1-3-4-11-16(2)20-21(19,17-12-7-5-8-13-17)18-14-9-6-10-15-18/h5-10,12-15H,2-4,11H2,1H3. The smallest absolute Gasteiger partial charge is 0.306 e. The van der Waals surface area contributed by atoms with Gasteiger partial charge in [0.2, 0.25) is 0 Å². The zero-order chi connectivity index (χ0) is 15.1. The van der Waals surface area contributed by atoms with Crippen LogP contribution in [0.2, 0.25) is 0 Å². The van der Waals surface area contributed by atoms with E-state index in [1.807, 2.05) is 60.7 Å². The van der Waals surface area contributed by atoms with Gasteiger partial charge < -0.3 is 4.52 Å². The average Bonchev–Trinajstić information content (AvgIpc) is 2.54. The summed E-state index contributed by atoms with van der Waals surface area (Å²) in [6, 6.07) is 18.7. The van der Waals surface area contributed by atoms with Crippen molar-refractivity contribution in [1.82, 2.24) is 0 Å². The van der Waals surface area contributed by atoms with Gasteiger partial charge in [0, 0.05) is 6.42 Å². The molecule has 3 heteroatoms. The second-order valence-electron chi connectivity index (χ2n) is 4.96. The Morgan fingerprint density at radius 2 is 1.48 bits per heavy atom. The van der Waals surface area contributed by atoms with Crippen LogP contribution in [-0.2, 0) is 9.09 Å². The van der Waals surface area contributed by atoms with Gasteiger partial charge >= 0.3 is 7.37 Å². The maximum Gasteiger partial charge on any atom is 0.306 e. The Labute approximate surface area is 126 Å². The third-order valence-electron chi connectivity index (χ3n) is 3.26. The SMILES string of the molecule is C=C(CCCC)OP(=O)(c1ccccc1)c1ccccc1. The summed E-state index contributed by atoms with van der Waals surface area (Å²) in [5, 5.41) is 1.41. The van der Waals surface area contributed by atoms with Crippen LogP contribution in [0.3, 0.4) is 0 Å². The van der Waals surface area contributed by atoms with Crippen molar-refractivity contribution in [3.63, 3.8) is 0 Å². The fourth-order valence-corrected chi connectivity index (χ4v) is 4.20. The summed E-state index contributed by atoms with van der Waals surface area (Å²) < 4.78 is 19.4. The van der Waals surface area contributed by atoms with Crippen molar-refractivity contribution < 1.29 is 9.09 Å². The normalized spacial score (nSPS) is 11.1. The number of allylic oxidation sites excluding steroid dienone is 1. The van der Waals surface area contributed by atoms with Gasteiger partial charge in [0.15, 0.2) is 0 Å². The summed E-state index contributed by atoms with van der Waals surface area (Å²) in [4.78, 5) is 0. The Morgan fingerprint density at radius 1 is 1.00 bits per heavy atom. The van der Waals surface area contributed by atoms with Crippen LogP contribution in [0.5, 0.6) is 0 Å². The molecule has 0 aliphatic heterocycles. The molecular weight excluding hydrogens is 279 g/mol. The van der Waals surface area contributed by atoms with Crippen molar-refractivity contribution in [1.29, 1.82) is 0 Å². The lowest BCUT2D eigenvalue weighted by atomic mass is 10.2. The van der Waals surface area contributed by atoms with Crippen molar-refractivity contribution in [2.75, 3.05) is 0 Å². The Hall–Kier alpha value is -1.79. The molecule has 0 unspecified atom stereocenters. The second-order valence-corrected chi connectivity index (χ2v) is 7.27. The molecule has 0 saturated carbocycles. The first-order valence-electron chi connectivity index (χ1n) is 7.25. The molecule has 0 saturated heterocycles. The van der Waals surface area contributed by atoms with Gasteiger partial charge in [-0.1, -0.05) is 56.3 Å². The molecule has 0 spiro atoms. The van der Waals surface area contributed by atoms with E-state index < -0.39 is 7.37 Å². The highest BCUT2D eigenvalue weighted by Crippen LogP contribution is 2.47. The molecule has 0 radical (unpaired) electrons. The first-order valence-corrected chi connectivity index (χ1v) is 8.88. The van der Waals surface area contributed by atoms with Crippen LogP contribution in [-0.4, -0.2) is 0 Å². The van der Waals surface area contributed by atoms with Crippen LogP contribution in [0.4, 0.5) is 0 Å². The van der Waals surface area contributed by atoms with Crippen molar-refractivity contribution >= 4 is 18.0 Å². The van der Waals surface area contributed by atoms with Crippen LogP contribution < -0.4 is 10.6 Å². The van der Waals surface area contributed by atoms with E-state index in [1.54, 1.807) is 0 Å². The highest BCUT2D eigenvalue weighted by Gasteiger charge is 2.29. The van der Waals surface area contributed by atoms with E-state index >= 15 is 0 Å². The topological polar surface area (TPSA) is 26.3 Å². The molecule has 0 N–H and O–H groups in total. The molecule has 2 aromatic rings. The number of rotatable bonds is 7. The molecule has 2 aromatic carbocycles. The summed E-state index contributed by atoms with van der Waals surface area (Å²) in [5.74, 6) is 0.591. The zero-order valence-electron chi connectivity index (χ0n) is 12.4. The van der Waals surface area contributed by atoms with Gasteiger partial charge in [0.05, 0.1) is 16.4 Å². The summed E-state index contributed by atoms with van der Waals surface area (Å²) in [5.41, 5.74) is 0. The molecule has 0 aliphatic rings. The largest absolute Gasteiger partial charge is 0.442 e. The Morgan fingerprint density at radius 3 is 1.90 bits per heavy atom. The number of unbranched alkanes of at least 4 members (excludes halogenated alkanes) is 1. The first kappa shape index (κ1) is 15.6. The van der Waals surface area contributed by atoms with Gasteiger partial charge in [-0.15, -0.1) is 0 Å². The molecule has 21 heavy (non-hydrogen) atoms. The van der Waals surface area contributed by atoms with Crippen LogP contribution >= 0.6 is 7.37 Å². The molecule has 2 rings (SSSR count). The monoisotopic (exact) mass is 300 g/mol. The van der Waals surface area contributed by atoms with E-state index in [-0.39, 0.29) is 0 Å². The third kappa shape index (κ3) is 3.86. The van der Waals surface area contributed by atoms with E-state index in [0.29, 0.717) is 16.4 Å². The van der Waals surface area contributed by atoms with Gasteiger partial charge in [-0.05, 0) is 30.7 Å². The molecule has 0 heterocycles. The fourth-order valence-electron chi connectivity index (χ4n) is 2.10. The lowest BCUT2D eigenvalue weighted by Gasteiger charge is -2.21. The maximum atomic E-state index is 13.5. The molecule has 0 bridgehead atoms. The zero-order valence-corrected chi connectivity index (χ0v) is 13.3. The predicted octanol–water partition coefficient (Wildman–Crippen LogP) is 4.64. The van der Waals surface area contributed by atoms with Crippen LogP contribution in [0.15, 0.2) is 73.0 Å². The van der Waals surface area contributed by atoms with Gasteiger partial charge in [0.1, 0.15) is 0 Å². The summed E-state index contributed by atoms with van der Waals surface area (Å²) in [6.45, 7) is 6.05. The summed E-state index contributed by atoms with van der Waals surface area (Å²) in [6.07, 6.45) is 2.78. The lowest BCUT2D eigenvalue weighted by Crippen LogP contribution is -2.17. The van der Waals surface area contributed by atoms with E-state index in [0.717, 1.165) is 19.3 Å². The Kier molecular flexibility index (Phi) is 5.41. The van der Waals surface area contributed by atoms with Crippen molar-refractivity contribution in [3.05, 3.63) is 73.0 Å². The highest BCUT2D eigenvalue weighted by atomic mass is 31.2. The highest BCUT2D eigenvalue weighted by molar-refractivity contribution is 7.74. The molecule has 0 amide bonds. The summed E-state index contributed by atoms with van der Waals surface area (Å²) >= 11 is 0. The van der Waals surface area contributed by atoms with Gasteiger partial charge in [-0.2, -0.15) is 0 Å². The minimum atomic E-state index is -3.12. The number of hydrogen-bond donors (Lipinski definition) is 0. The molecule has 0 aromatic heterocycles. The van der Waals surface area contributed by atoms with E-state index in [2.05, 4.69) is 13.5 Å². The average molecular weight is 300 g/mol. The molecule has 0 fully saturated rings. The molecule has 2 nitrogen and oxygen atoms in total. The predicted molar refractivity (Wildman–Crippen MR) is 89.5 cm³/mol. The molecule has 110 valence electrons. The minimum absolute atomic E-state index is 0.591. The van der Waals surface area contributed by atoms with Crippen molar-refractivity contribution in [3.8, 4) is 0 Å². The van der Waals surface area contributed by atoms with Gasteiger partial charge in [-0.25, -0.2) is 0 Å². The number of hydrogen-bond acceptors (Lipinski definition) is 2. The Balaban J connectivity index is 2.36. The third-order valence-corrected chi connectivity index (χ3v) is 5.73. The lowest BCUT2D eigenvalue weighted by molar-refractivity contribution is 0.401. The number of benzene rings is 2. The Bertz CT molecular complexity index is 577. The quantitative estimate of drug-likeness (QED) is 0.550. The van der Waals surface area contributed by atoms with E-state index in [1.165, 1.54) is 0 Å². The molecular formula is C18H21O2P. The van der Waals surface area contributed by atoms with E-state index in [9.17, 15) is 4.57 Å². The van der Waals surface area contributed by atoms with Crippen LogP contribution in [0, 0.1) is 0 Å². The first-order chi connectivity index (χ1) is 10.2. The fraction of sp³-hybridized carbons (Fsp3) is 0.222. The summed E-state index contributed by atoms with van der Waals surface area (Å²) in [7, 11) is -3.12. The van der Waals surface area contributed by atoms with Gasteiger partial charge in [-0.3, -0.25) is 4.57 Å². The maximum absolute atomic E-state index is 13.5.